The average molecular weight is 273 g/mol. The maximum Gasteiger partial charge on any atom is 0.139 e. The number of aldehydes is 1. The van der Waals surface area contributed by atoms with Crippen molar-refractivity contribution in [3.05, 3.63) is 78.0 Å². The summed E-state index contributed by atoms with van der Waals surface area (Å²) in [6.07, 6.45) is 0.898. The summed E-state index contributed by atoms with van der Waals surface area (Å²) in [5, 5.41) is 2.20. The van der Waals surface area contributed by atoms with Crippen molar-refractivity contribution in [2.75, 3.05) is 0 Å². The van der Waals surface area contributed by atoms with Crippen LogP contribution in [0.1, 0.15) is 11.4 Å². The highest BCUT2D eigenvalue weighted by Gasteiger charge is 2.18. The predicted molar refractivity (Wildman–Crippen MR) is 84.1 cm³/mol. The number of carbonyl (C=O) groups excluding carboxylic acids is 1. The van der Waals surface area contributed by atoms with Gasteiger partial charge >= 0.3 is 0 Å². The zero-order valence-corrected chi connectivity index (χ0v) is 11.3. The van der Waals surface area contributed by atoms with E-state index >= 15 is 0 Å². The van der Waals surface area contributed by atoms with Crippen LogP contribution in [0.4, 0.5) is 0 Å². The Bertz CT molecular complexity index is 792. The van der Waals surface area contributed by atoms with Crippen LogP contribution in [0.25, 0.3) is 21.8 Å². The minimum Gasteiger partial charge on any atom is -0.357 e. The number of para-hydroxylation sites is 2. The van der Waals surface area contributed by atoms with Crippen LogP contribution < -0.4 is 0 Å². The Labute approximate surface area is 121 Å². The van der Waals surface area contributed by atoms with Gasteiger partial charge < -0.3 is 14.8 Å². The van der Waals surface area contributed by atoms with E-state index in [0.29, 0.717) is 5.92 Å². The Kier molecular flexibility index (Phi) is 2.64. The van der Waals surface area contributed by atoms with E-state index in [-0.39, 0.29) is 0 Å². The molecule has 4 rings (SSSR count). The second-order valence-corrected chi connectivity index (χ2v) is 5.07. The van der Waals surface area contributed by atoms with Crippen molar-refractivity contribution >= 4 is 28.1 Å². The monoisotopic (exact) mass is 273 g/mol. The van der Waals surface area contributed by atoms with E-state index in [1.807, 2.05) is 60.7 Å². The Morgan fingerprint density at radius 1 is 0.762 bits per heavy atom. The summed E-state index contributed by atoms with van der Waals surface area (Å²) in [5.74, 6) is 0.641. The zero-order valence-electron chi connectivity index (χ0n) is 11.3. The van der Waals surface area contributed by atoms with Crippen LogP contribution in [0.2, 0.25) is 0 Å². The molecular weight excluding hydrogens is 260 g/mol. The van der Waals surface area contributed by atoms with Crippen LogP contribution >= 0.6 is 0 Å². The number of fused-ring (bicyclic) bond motifs is 2. The van der Waals surface area contributed by atoms with E-state index in [2.05, 4.69) is 9.97 Å². The Morgan fingerprint density at radius 2 is 1.24 bits per heavy atom. The van der Waals surface area contributed by atoms with Crippen molar-refractivity contribution in [2.45, 2.75) is 0 Å². The first-order chi connectivity index (χ1) is 10.3. The average Bonchev–Trinajstić information content (AvgIpc) is 3.11. The highest BCUT2D eigenvalue weighted by atomic mass is 16.1. The molecule has 1 radical (unpaired) electrons. The van der Waals surface area contributed by atoms with Gasteiger partial charge in [0.25, 0.3) is 0 Å². The molecule has 3 heteroatoms. The Morgan fingerprint density at radius 3 is 1.67 bits per heavy atom. The third-order valence-electron chi connectivity index (χ3n) is 3.76. The van der Waals surface area contributed by atoms with Crippen LogP contribution in [0.15, 0.2) is 60.7 Å². The standard InChI is InChI=1S/C18H13N2O/c21-11-14(17-9-12-5-1-3-7-15(12)19-17)18-10-13-6-2-4-8-16(13)20-18/h1-11,19-20H. The van der Waals surface area contributed by atoms with Gasteiger partial charge in [0.2, 0.25) is 0 Å². The van der Waals surface area contributed by atoms with Gasteiger partial charge in [0.1, 0.15) is 12.2 Å². The first-order valence-electron chi connectivity index (χ1n) is 6.83. The van der Waals surface area contributed by atoms with Crippen LogP contribution in [-0.2, 0) is 4.79 Å². The normalized spacial score (nSPS) is 11.5. The molecule has 0 aliphatic heterocycles. The fourth-order valence-corrected chi connectivity index (χ4v) is 2.71. The lowest BCUT2D eigenvalue weighted by atomic mass is 10.0. The van der Waals surface area contributed by atoms with Gasteiger partial charge in [-0.05, 0) is 35.0 Å². The second kappa shape index (κ2) is 4.63. The first kappa shape index (κ1) is 12.0. The Balaban J connectivity index is 1.84. The summed E-state index contributed by atoms with van der Waals surface area (Å²) >= 11 is 0. The summed E-state index contributed by atoms with van der Waals surface area (Å²) in [5.41, 5.74) is 3.72. The van der Waals surface area contributed by atoms with E-state index in [1.54, 1.807) is 0 Å². The maximum absolute atomic E-state index is 11.6. The van der Waals surface area contributed by atoms with E-state index in [4.69, 9.17) is 0 Å². The molecule has 0 fully saturated rings. The van der Waals surface area contributed by atoms with Gasteiger partial charge in [0, 0.05) is 22.4 Å². The molecule has 2 aromatic heterocycles. The molecule has 0 atom stereocenters. The molecule has 2 N–H and O–H groups in total. The zero-order chi connectivity index (χ0) is 14.2. The van der Waals surface area contributed by atoms with Gasteiger partial charge in [-0.25, -0.2) is 0 Å². The molecular formula is C18H13N2O. The maximum atomic E-state index is 11.6. The molecule has 0 aliphatic rings. The minimum atomic E-state index is 0.641. The number of benzene rings is 2. The fraction of sp³-hybridized carbons (Fsp3) is 0. The van der Waals surface area contributed by atoms with Gasteiger partial charge in [0.15, 0.2) is 0 Å². The summed E-state index contributed by atoms with van der Waals surface area (Å²) in [6.45, 7) is 0. The Hall–Kier alpha value is -2.81. The van der Waals surface area contributed by atoms with Gasteiger partial charge in [0.05, 0.1) is 0 Å². The van der Waals surface area contributed by atoms with E-state index in [1.165, 1.54) is 0 Å². The van der Waals surface area contributed by atoms with Crippen molar-refractivity contribution in [1.82, 2.24) is 9.97 Å². The molecule has 0 spiro atoms. The molecule has 3 nitrogen and oxygen atoms in total. The number of H-pyrrole nitrogens is 2. The van der Waals surface area contributed by atoms with Gasteiger partial charge in [-0.1, -0.05) is 36.4 Å². The van der Waals surface area contributed by atoms with E-state index < -0.39 is 0 Å². The lowest BCUT2D eigenvalue weighted by Gasteiger charge is -2.04. The molecule has 0 amide bonds. The predicted octanol–water partition coefficient (Wildman–Crippen LogP) is 3.82. The first-order valence-corrected chi connectivity index (χ1v) is 6.83. The SMILES string of the molecule is O=C[C](c1cc2ccccc2[nH]1)c1cc2ccccc2[nH]1. The molecule has 21 heavy (non-hydrogen) atoms. The van der Waals surface area contributed by atoms with Crippen molar-refractivity contribution < 1.29 is 4.79 Å². The fourth-order valence-electron chi connectivity index (χ4n) is 2.71. The molecule has 4 aromatic rings. The number of hydrogen-bond acceptors (Lipinski definition) is 1. The van der Waals surface area contributed by atoms with Crippen LogP contribution in [-0.4, -0.2) is 16.3 Å². The molecule has 0 bridgehead atoms. The number of aromatic amines is 2. The summed E-state index contributed by atoms with van der Waals surface area (Å²) < 4.78 is 0. The molecule has 2 heterocycles. The van der Waals surface area contributed by atoms with E-state index in [0.717, 1.165) is 39.5 Å². The number of aromatic nitrogens is 2. The quantitative estimate of drug-likeness (QED) is 0.548. The topological polar surface area (TPSA) is 48.6 Å². The number of nitrogens with one attached hydrogen (secondary N) is 2. The summed E-state index contributed by atoms with van der Waals surface area (Å²) in [6, 6.07) is 20.0. The highest BCUT2D eigenvalue weighted by molar-refractivity contribution is 5.90. The number of hydrogen-bond donors (Lipinski definition) is 2. The molecule has 2 aromatic carbocycles. The number of carbonyl (C=O) groups is 1. The second-order valence-electron chi connectivity index (χ2n) is 5.07. The largest absolute Gasteiger partial charge is 0.357 e. The van der Waals surface area contributed by atoms with Crippen molar-refractivity contribution in [3.8, 4) is 0 Å². The van der Waals surface area contributed by atoms with Crippen LogP contribution in [0, 0.1) is 5.92 Å². The van der Waals surface area contributed by atoms with Crippen molar-refractivity contribution in [1.29, 1.82) is 0 Å². The molecule has 0 aliphatic carbocycles. The lowest BCUT2D eigenvalue weighted by molar-refractivity contribution is -0.105. The number of rotatable bonds is 3. The van der Waals surface area contributed by atoms with Crippen LogP contribution in [0.3, 0.4) is 0 Å². The van der Waals surface area contributed by atoms with Crippen molar-refractivity contribution in [2.24, 2.45) is 0 Å². The smallest absolute Gasteiger partial charge is 0.139 e. The molecule has 0 unspecified atom stereocenters. The third kappa shape index (κ3) is 1.94. The molecule has 0 saturated carbocycles. The summed E-state index contributed by atoms with van der Waals surface area (Å²) in [4.78, 5) is 18.2. The minimum absolute atomic E-state index is 0.641. The highest BCUT2D eigenvalue weighted by Crippen LogP contribution is 2.27. The van der Waals surface area contributed by atoms with E-state index in [9.17, 15) is 4.79 Å². The van der Waals surface area contributed by atoms with Gasteiger partial charge in [-0.2, -0.15) is 0 Å². The third-order valence-corrected chi connectivity index (χ3v) is 3.76. The molecule has 0 saturated heterocycles. The summed E-state index contributed by atoms with van der Waals surface area (Å²) in [7, 11) is 0. The van der Waals surface area contributed by atoms with Gasteiger partial charge in [-0.15, -0.1) is 0 Å². The van der Waals surface area contributed by atoms with Crippen molar-refractivity contribution in [3.63, 3.8) is 0 Å². The van der Waals surface area contributed by atoms with Crippen LogP contribution in [0.5, 0.6) is 0 Å². The molecule has 101 valence electrons. The van der Waals surface area contributed by atoms with Gasteiger partial charge in [-0.3, -0.25) is 0 Å². The lowest BCUT2D eigenvalue weighted by Crippen LogP contribution is -2.04.